The third-order valence-corrected chi connectivity index (χ3v) is 4.80. The first kappa shape index (κ1) is 17.5. The van der Waals surface area contributed by atoms with Crippen LogP contribution in [0, 0.1) is 32.6 Å². The molecule has 2 atom stereocenters. The molecule has 1 aliphatic carbocycles. The highest BCUT2D eigenvalue weighted by Gasteiger charge is 2.48. The van der Waals surface area contributed by atoms with Crippen molar-refractivity contribution in [2.75, 3.05) is 10.6 Å². The lowest BCUT2D eigenvalue weighted by Gasteiger charge is -2.10. The number of hydrogen-bond donors (Lipinski definition) is 2. The van der Waals surface area contributed by atoms with Gasteiger partial charge in [-0.25, -0.2) is 0 Å². The number of benzene rings is 2. The van der Waals surface area contributed by atoms with E-state index in [1.54, 1.807) is 18.2 Å². The highest BCUT2D eigenvalue weighted by Crippen LogP contribution is 2.40. The van der Waals surface area contributed by atoms with Gasteiger partial charge in [0.25, 0.3) is 0 Å². The lowest BCUT2D eigenvalue weighted by molar-refractivity contribution is -0.122. The molecular weight excluding hydrogens is 336 g/mol. The Morgan fingerprint density at radius 2 is 1.52 bits per heavy atom. The van der Waals surface area contributed by atoms with E-state index in [2.05, 4.69) is 10.6 Å². The van der Waals surface area contributed by atoms with Gasteiger partial charge in [-0.1, -0.05) is 23.7 Å². The van der Waals surface area contributed by atoms with Gasteiger partial charge in [-0.3, -0.25) is 9.59 Å². The first-order valence-electron chi connectivity index (χ1n) is 8.30. The maximum absolute atomic E-state index is 12.4. The summed E-state index contributed by atoms with van der Waals surface area (Å²) in [5.41, 5.74) is 4.54. The molecule has 5 heteroatoms. The molecule has 2 aromatic rings. The van der Waals surface area contributed by atoms with Gasteiger partial charge in [0.1, 0.15) is 0 Å². The first-order valence-corrected chi connectivity index (χ1v) is 8.68. The molecule has 130 valence electrons. The van der Waals surface area contributed by atoms with E-state index in [9.17, 15) is 9.59 Å². The molecule has 1 aliphatic rings. The summed E-state index contributed by atoms with van der Waals surface area (Å²) in [6, 6.07) is 11.2. The number of hydrogen-bond acceptors (Lipinski definition) is 2. The van der Waals surface area contributed by atoms with Crippen LogP contribution in [0.2, 0.25) is 5.02 Å². The van der Waals surface area contributed by atoms with Crippen LogP contribution in [-0.2, 0) is 9.59 Å². The van der Waals surface area contributed by atoms with Crippen molar-refractivity contribution in [1.29, 1.82) is 0 Å². The largest absolute Gasteiger partial charge is 0.326 e. The van der Waals surface area contributed by atoms with Gasteiger partial charge in [-0.05, 0) is 68.1 Å². The maximum atomic E-state index is 12.4. The summed E-state index contributed by atoms with van der Waals surface area (Å²) in [6.07, 6.45) is 0.579. The third-order valence-electron chi connectivity index (χ3n) is 4.56. The molecule has 0 radical (unpaired) electrons. The number of carbonyl (C=O) groups excluding carboxylic acids is 2. The minimum absolute atomic E-state index is 0.0957. The number of rotatable bonds is 4. The Morgan fingerprint density at radius 3 is 2.16 bits per heavy atom. The zero-order valence-corrected chi connectivity index (χ0v) is 15.3. The highest BCUT2D eigenvalue weighted by molar-refractivity contribution is 6.30. The predicted molar refractivity (Wildman–Crippen MR) is 101 cm³/mol. The van der Waals surface area contributed by atoms with Crippen LogP contribution in [0.1, 0.15) is 23.1 Å². The van der Waals surface area contributed by atoms with Crippen molar-refractivity contribution in [3.05, 3.63) is 58.1 Å². The second kappa shape index (κ2) is 6.89. The van der Waals surface area contributed by atoms with Crippen molar-refractivity contribution in [3.63, 3.8) is 0 Å². The first-order chi connectivity index (χ1) is 11.8. The Kier molecular flexibility index (Phi) is 4.82. The number of aryl methyl sites for hydroxylation is 3. The quantitative estimate of drug-likeness (QED) is 0.848. The standard InChI is InChI=1S/C20H21ClN2O2/c1-11-4-5-12(2)18(8-11)23-20(25)16-10-15(16)19(24)22-17-7-6-14(21)9-13(17)3/h4-9,15-16H,10H2,1-3H3,(H,22,24)(H,23,25). The fourth-order valence-corrected chi connectivity index (χ4v) is 3.09. The monoisotopic (exact) mass is 356 g/mol. The lowest BCUT2D eigenvalue weighted by atomic mass is 10.1. The number of amides is 2. The van der Waals surface area contributed by atoms with E-state index in [0.29, 0.717) is 11.4 Å². The number of anilines is 2. The van der Waals surface area contributed by atoms with Gasteiger partial charge >= 0.3 is 0 Å². The molecule has 0 aromatic heterocycles. The zero-order valence-electron chi connectivity index (χ0n) is 14.5. The molecule has 0 spiro atoms. The van der Waals surface area contributed by atoms with Gasteiger partial charge in [0.2, 0.25) is 11.8 Å². The minimum atomic E-state index is -0.278. The Hall–Kier alpha value is -2.33. The summed E-state index contributed by atoms with van der Waals surface area (Å²) >= 11 is 5.93. The Balaban J connectivity index is 1.60. The van der Waals surface area contributed by atoms with Crippen molar-refractivity contribution in [2.24, 2.45) is 11.8 Å². The van der Waals surface area contributed by atoms with Crippen LogP contribution in [0.25, 0.3) is 0 Å². The number of halogens is 1. The summed E-state index contributed by atoms with van der Waals surface area (Å²) in [5.74, 6) is -0.763. The normalized spacial score (nSPS) is 18.6. The number of nitrogens with one attached hydrogen (secondary N) is 2. The molecule has 4 nitrogen and oxygen atoms in total. The molecule has 2 aromatic carbocycles. The Labute approximate surface area is 152 Å². The fraction of sp³-hybridized carbons (Fsp3) is 0.300. The van der Waals surface area contributed by atoms with Crippen LogP contribution in [0.4, 0.5) is 11.4 Å². The van der Waals surface area contributed by atoms with E-state index in [4.69, 9.17) is 11.6 Å². The molecule has 0 heterocycles. The molecule has 1 saturated carbocycles. The van der Waals surface area contributed by atoms with Crippen LogP contribution in [-0.4, -0.2) is 11.8 Å². The SMILES string of the molecule is Cc1ccc(C)c(NC(=O)C2CC2C(=O)Nc2ccc(Cl)cc2C)c1. The summed E-state index contributed by atoms with van der Waals surface area (Å²) in [7, 11) is 0. The van der Waals surface area contributed by atoms with Crippen molar-refractivity contribution in [1.82, 2.24) is 0 Å². The summed E-state index contributed by atoms with van der Waals surface area (Å²) in [6.45, 7) is 5.82. The summed E-state index contributed by atoms with van der Waals surface area (Å²) in [4.78, 5) is 24.8. The maximum Gasteiger partial charge on any atom is 0.228 e. The molecule has 2 amide bonds. The van der Waals surface area contributed by atoms with Gasteiger partial charge in [-0.2, -0.15) is 0 Å². The molecule has 0 bridgehead atoms. The van der Waals surface area contributed by atoms with Crippen LogP contribution >= 0.6 is 11.6 Å². The van der Waals surface area contributed by atoms with E-state index >= 15 is 0 Å². The van der Waals surface area contributed by atoms with Crippen molar-refractivity contribution < 1.29 is 9.59 Å². The smallest absolute Gasteiger partial charge is 0.228 e. The van der Waals surface area contributed by atoms with Crippen molar-refractivity contribution in [2.45, 2.75) is 27.2 Å². The lowest BCUT2D eigenvalue weighted by Crippen LogP contribution is -2.21. The molecule has 0 aliphatic heterocycles. The van der Waals surface area contributed by atoms with E-state index in [0.717, 1.165) is 28.1 Å². The molecule has 1 fully saturated rings. The van der Waals surface area contributed by atoms with Crippen LogP contribution in [0.3, 0.4) is 0 Å². The van der Waals surface area contributed by atoms with Crippen LogP contribution in [0.15, 0.2) is 36.4 Å². The summed E-state index contributed by atoms with van der Waals surface area (Å²) < 4.78 is 0. The highest BCUT2D eigenvalue weighted by atomic mass is 35.5. The predicted octanol–water partition coefficient (Wildman–Crippen LogP) is 4.48. The molecule has 3 rings (SSSR count). The van der Waals surface area contributed by atoms with Crippen molar-refractivity contribution in [3.8, 4) is 0 Å². The second-order valence-electron chi connectivity index (χ2n) is 6.70. The van der Waals surface area contributed by atoms with E-state index in [1.807, 2.05) is 39.0 Å². The van der Waals surface area contributed by atoms with Crippen LogP contribution < -0.4 is 10.6 Å². The average Bonchev–Trinajstić information content (AvgIpc) is 3.34. The van der Waals surface area contributed by atoms with Crippen LogP contribution in [0.5, 0.6) is 0 Å². The molecular formula is C20H21ClN2O2. The van der Waals surface area contributed by atoms with Gasteiger partial charge in [-0.15, -0.1) is 0 Å². The van der Waals surface area contributed by atoms with Gasteiger partial charge in [0, 0.05) is 16.4 Å². The van der Waals surface area contributed by atoms with Gasteiger partial charge < -0.3 is 10.6 Å². The topological polar surface area (TPSA) is 58.2 Å². The minimum Gasteiger partial charge on any atom is -0.326 e. The third kappa shape index (κ3) is 4.02. The zero-order chi connectivity index (χ0) is 18.1. The Morgan fingerprint density at radius 1 is 0.880 bits per heavy atom. The fourth-order valence-electron chi connectivity index (χ4n) is 2.86. The van der Waals surface area contributed by atoms with E-state index in [-0.39, 0.29) is 23.7 Å². The Bertz CT molecular complexity index is 848. The molecule has 2 N–H and O–H groups in total. The second-order valence-corrected chi connectivity index (χ2v) is 7.14. The van der Waals surface area contributed by atoms with Gasteiger partial charge in [0.05, 0.1) is 11.8 Å². The number of carbonyl (C=O) groups is 2. The summed E-state index contributed by atoms with van der Waals surface area (Å²) in [5, 5.41) is 6.47. The van der Waals surface area contributed by atoms with Gasteiger partial charge in [0.15, 0.2) is 0 Å². The molecule has 25 heavy (non-hydrogen) atoms. The molecule has 0 saturated heterocycles. The van der Waals surface area contributed by atoms with Crippen molar-refractivity contribution >= 4 is 34.8 Å². The van der Waals surface area contributed by atoms with E-state index < -0.39 is 0 Å². The molecule has 2 unspecified atom stereocenters. The van der Waals surface area contributed by atoms with E-state index in [1.165, 1.54) is 0 Å². The average molecular weight is 357 g/mol.